The molecule has 6 heteroatoms. The first-order valence-corrected chi connectivity index (χ1v) is 8.05. The summed E-state index contributed by atoms with van der Waals surface area (Å²) in [6.07, 6.45) is 3.05. The predicted octanol–water partition coefficient (Wildman–Crippen LogP) is 2.45. The first-order valence-electron chi connectivity index (χ1n) is 7.25. The van der Waals surface area contributed by atoms with Crippen molar-refractivity contribution in [3.8, 4) is 0 Å². The van der Waals surface area contributed by atoms with Gasteiger partial charge in [0.15, 0.2) is 0 Å². The molecule has 0 aliphatic carbocycles. The Labute approximate surface area is 134 Å². The van der Waals surface area contributed by atoms with Crippen molar-refractivity contribution in [3.05, 3.63) is 22.4 Å². The maximum absolute atomic E-state index is 12.6. The molecule has 0 atom stereocenters. The zero-order valence-corrected chi connectivity index (χ0v) is 14.4. The highest BCUT2D eigenvalue weighted by molar-refractivity contribution is 9.10. The van der Waals surface area contributed by atoms with Crippen molar-refractivity contribution >= 4 is 21.8 Å². The van der Waals surface area contributed by atoms with Crippen LogP contribution in [0.4, 0.5) is 0 Å². The van der Waals surface area contributed by atoms with Crippen LogP contribution in [0.3, 0.4) is 0 Å². The van der Waals surface area contributed by atoms with E-state index in [1.807, 2.05) is 30.7 Å². The number of carbonyl (C=O) groups is 1. The fourth-order valence-corrected chi connectivity index (χ4v) is 3.10. The Balaban J connectivity index is 2.12. The summed E-state index contributed by atoms with van der Waals surface area (Å²) in [4.78, 5) is 14.2. The maximum Gasteiger partial charge on any atom is 0.270 e. The van der Waals surface area contributed by atoms with E-state index in [9.17, 15) is 9.90 Å². The number of aliphatic hydroxyl groups is 1. The first kappa shape index (κ1) is 16.5. The molecule has 5 nitrogen and oxygen atoms in total. The lowest BCUT2D eigenvalue weighted by Crippen LogP contribution is -2.47. The average Bonchev–Trinajstić information content (AvgIpc) is 2.80. The van der Waals surface area contributed by atoms with Gasteiger partial charge in [0, 0.05) is 56.4 Å². The van der Waals surface area contributed by atoms with Crippen LogP contribution in [-0.2, 0) is 4.74 Å². The Kier molecular flexibility index (Phi) is 5.11. The monoisotopic (exact) mass is 358 g/mol. The molecule has 1 amide bonds. The highest BCUT2D eigenvalue weighted by Crippen LogP contribution is 2.24. The van der Waals surface area contributed by atoms with Crippen LogP contribution in [-0.4, -0.2) is 52.9 Å². The molecule has 0 unspecified atom stereocenters. The Bertz CT molecular complexity index is 507. The molecule has 1 aromatic heterocycles. The average molecular weight is 359 g/mol. The number of ether oxygens (including phenoxy) is 1. The van der Waals surface area contributed by atoms with Gasteiger partial charge in [-0.3, -0.25) is 4.79 Å². The van der Waals surface area contributed by atoms with Crippen LogP contribution in [0.1, 0.15) is 43.2 Å². The van der Waals surface area contributed by atoms with Crippen molar-refractivity contribution in [3.63, 3.8) is 0 Å². The molecule has 2 rings (SSSR count). The van der Waals surface area contributed by atoms with E-state index in [-0.39, 0.29) is 11.9 Å². The number of hydrogen-bond acceptors (Lipinski definition) is 3. The predicted molar refractivity (Wildman–Crippen MR) is 84.5 cm³/mol. The summed E-state index contributed by atoms with van der Waals surface area (Å²) in [7, 11) is 1.74. The number of aromatic nitrogens is 1. The molecule has 1 aromatic rings. The van der Waals surface area contributed by atoms with Crippen molar-refractivity contribution in [1.82, 2.24) is 9.47 Å². The van der Waals surface area contributed by atoms with Crippen LogP contribution in [0.2, 0.25) is 0 Å². The molecule has 1 saturated heterocycles. The fourth-order valence-electron chi connectivity index (χ4n) is 2.66. The summed E-state index contributed by atoms with van der Waals surface area (Å²) >= 11 is 3.42. The molecular weight excluding hydrogens is 336 g/mol. The van der Waals surface area contributed by atoms with Gasteiger partial charge in [-0.15, -0.1) is 0 Å². The molecular formula is C15H23BrN2O3. The molecule has 0 bridgehead atoms. The number of nitrogens with zero attached hydrogens (tertiary/aromatic N) is 2. The zero-order valence-electron chi connectivity index (χ0n) is 12.8. The molecule has 118 valence electrons. The lowest BCUT2D eigenvalue weighted by Gasteiger charge is -2.35. The molecule has 0 spiro atoms. The summed E-state index contributed by atoms with van der Waals surface area (Å²) in [5.41, 5.74) is -0.204. The van der Waals surface area contributed by atoms with Crippen LogP contribution in [0, 0.1) is 0 Å². The van der Waals surface area contributed by atoms with Crippen LogP contribution in [0.15, 0.2) is 16.7 Å². The smallest absolute Gasteiger partial charge is 0.270 e. The Morgan fingerprint density at radius 1 is 1.52 bits per heavy atom. The zero-order chi connectivity index (χ0) is 15.6. The van der Waals surface area contributed by atoms with E-state index in [2.05, 4.69) is 15.9 Å². The summed E-state index contributed by atoms with van der Waals surface area (Å²) in [5, 5.41) is 10.5. The second-order valence-corrected chi connectivity index (χ2v) is 6.96. The van der Waals surface area contributed by atoms with Crippen molar-refractivity contribution in [2.24, 2.45) is 0 Å². The van der Waals surface area contributed by atoms with E-state index >= 15 is 0 Å². The van der Waals surface area contributed by atoms with Gasteiger partial charge in [0.2, 0.25) is 0 Å². The van der Waals surface area contributed by atoms with Crippen molar-refractivity contribution in [1.29, 1.82) is 0 Å². The van der Waals surface area contributed by atoms with Gasteiger partial charge in [-0.05, 0) is 35.8 Å². The number of amides is 1. The number of hydrogen-bond donors (Lipinski definition) is 1. The number of rotatable bonds is 4. The largest absolute Gasteiger partial charge is 0.388 e. The molecule has 0 saturated carbocycles. The van der Waals surface area contributed by atoms with E-state index in [1.165, 1.54) is 0 Å². The summed E-state index contributed by atoms with van der Waals surface area (Å²) in [5.74, 6) is -0.0747. The van der Waals surface area contributed by atoms with Gasteiger partial charge >= 0.3 is 0 Å². The minimum absolute atomic E-state index is 0.0747. The molecule has 1 N–H and O–H groups in total. The minimum atomic E-state index is -0.838. The Hall–Kier alpha value is -0.850. The third-order valence-corrected chi connectivity index (χ3v) is 4.33. The maximum atomic E-state index is 12.6. The van der Waals surface area contributed by atoms with Gasteiger partial charge in [0.05, 0.1) is 5.60 Å². The van der Waals surface area contributed by atoms with Gasteiger partial charge in [-0.25, -0.2) is 0 Å². The summed E-state index contributed by atoms with van der Waals surface area (Å²) in [6, 6.07) is 2.03. The second-order valence-electron chi connectivity index (χ2n) is 6.04. The van der Waals surface area contributed by atoms with Gasteiger partial charge < -0.3 is 19.3 Å². The third-order valence-electron chi connectivity index (χ3n) is 3.89. The lowest BCUT2D eigenvalue weighted by atomic mass is 9.94. The molecule has 1 aliphatic heterocycles. The van der Waals surface area contributed by atoms with Crippen LogP contribution in [0.25, 0.3) is 0 Å². The summed E-state index contributed by atoms with van der Waals surface area (Å²) in [6.45, 7) is 5.50. The first-order chi connectivity index (χ1) is 9.82. The normalized spacial score (nSPS) is 18.0. The molecule has 1 fully saturated rings. The van der Waals surface area contributed by atoms with Crippen LogP contribution in [0.5, 0.6) is 0 Å². The number of halogens is 1. The van der Waals surface area contributed by atoms with E-state index in [0.717, 1.165) is 4.47 Å². The van der Waals surface area contributed by atoms with E-state index in [0.29, 0.717) is 38.3 Å². The molecule has 1 aliphatic rings. The lowest BCUT2D eigenvalue weighted by molar-refractivity contribution is -0.0735. The van der Waals surface area contributed by atoms with Crippen LogP contribution >= 0.6 is 15.9 Å². The minimum Gasteiger partial charge on any atom is -0.388 e. The van der Waals surface area contributed by atoms with Gasteiger partial charge in [-0.2, -0.15) is 0 Å². The topological polar surface area (TPSA) is 54.7 Å². The summed E-state index contributed by atoms with van der Waals surface area (Å²) < 4.78 is 8.10. The van der Waals surface area contributed by atoms with Gasteiger partial charge in [-0.1, -0.05) is 0 Å². The van der Waals surface area contributed by atoms with E-state index in [4.69, 9.17) is 4.74 Å². The quantitative estimate of drug-likeness (QED) is 0.899. The SMILES string of the molecule is CC(C)n1cc(Br)cc1C(=O)N(C)CC1(O)CCOCC1. The Morgan fingerprint density at radius 2 is 2.14 bits per heavy atom. The standard InChI is InChI=1S/C15H23BrN2O3/c1-11(2)18-9-12(16)8-13(18)14(19)17(3)10-15(20)4-6-21-7-5-15/h8-9,11,20H,4-7,10H2,1-3H3. The van der Waals surface area contributed by atoms with Crippen molar-refractivity contribution in [2.75, 3.05) is 26.8 Å². The second kappa shape index (κ2) is 6.50. The Morgan fingerprint density at radius 3 is 2.71 bits per heavy atom. The molecule has 2 heterocycles. The van der Waals surface area contributed by atoms with Gasteiger partial charge in [0.1, 0.15) is 5.69 Å². The fraction of sp³-hybridized carbons (Fsp3) is 0.667. The number of carbonyl (C=O) groups excluding carboxylic acids is 1. The van der Waals surface area contributed by atoms with Crippen LogP contribution < -0.4 is 0 Å². The molecule has 21 heavy (non-hydrogen) atoms. The van der Waals surface area contributed by atoms with Gasteiger partial charge in [0.25, 0.3) is 5.91 Å². The van der Waals surface area contributed by atoms with E-state index in [1.54, 1.807) is 11.9 Å². The highest BCUT2D eigenvalue weighted by atomic mass is 79.9. The molecule has 0 radical (unpaired) electrons. The number of likely N-dealkylation sites (N-methyl/N-ethyl adjacent to an activating group) is 1. The molecule has 0 aromatic carbocycles. The van der Waals surface area contributed by atoms with E-state index < -0.39 is 5.60 Å². The van der Waals surface area contributed by atoms with Crippen molar-refractivity contribution < 1.29 is 14.6 Å². The third kappa shape index (κ3) is 3.87. The highest BCUT2D eigenvalue weighted by Gasteiger charge is 2.33. The van der Waals surface area contributed by atoms with Crippen molar-refractivity contribution in [2.45, 2.75) is 38.3 Å².